The quantitative estimate of drug-likeness (QED) is 0.697. The number of rotatable bonds is 6. The first-order valence-electron chi connectivity index (χ1n) is 8.43. The van der Waals surface area contributed by atoms with Crippen molar-refractivity contribution in [2.75, 3.05) is 17.7 Å². The molecule has 126 valence electrons. The summed E-state index contributed by atoms with van der Waals surface area (Å²) in [4.78, 5) is 9.36. The Morgan fingerprint density at radius 2 is 1.64 bits per heavy atom. The zero-order chi connectivity index (χ0) is 17.1. The Morgan fingerprint density at radius 1 is 0.920 bits per heavy atom. The van der Waals surface area contributed by atoms with Crippen LogP contribution in [0.5, 0.6) is 5.75 Å². The second kappa shape index (κ2) is 6.81. The highest BCUT2D eigenvalue weighted by molar-refractivity contribution is 5.68. The first-order valence-corrected chi connectivity index (χ1v) is 8.43. The normalized spacial score (nSPS) is 13.3. The largest absolute Gasteiger partial charge is 0.495 e. The molecule has 5 heteroatoms. The van der Waals surface area contributed by atoms with E-state index in [9.17, 15) is 0 Å². The third-order valence-corrected chi connectivity index (χ3v) is 4.06. The van der Waals surface area contributed by atoms with Crippen molar-refractivity contribution >= 4 is 17.3 Å². The van der Waals surface area contributed by atoms with Crippen LogP contribution in [0, 0.1) is 0 Å². The van der Waals surface area contributed by atoms with Crippen molar-refractivity contribution in [3.63, 3.8) is 0 Å². The minimum atomic E-state index is 0.526. The molecule has 1 fully saturated rings. The van der Waals surface area contributed by atoms with Gasteiger partial charge in [-0.25, -0.2) is 9.97 Å². The first-order chi connectivity index (χ1) is 12.3. The molecule has 1 saturated carbocycles. The van der Waals surface area contributed by atoms with E-state index < -0.39 is 0 Å². The van der Waals surface area contributed by atoms with Gasteiger partial charge in [-0.05, 0) is 25.0 Å². The van der Waals surface area contributed by atoms with Gasteiger partial charge < -0.3 is 15.4 Å². The van der Waals surface area contributed by atoms with Crippen LogP contribution < -0.4 is 15.4 Å². The molecule has 1 heterocycles. The SMILES string of the molecule is COc1ccccc1Nc1cc(NC2CC2)nc(-c2ccccc2)n1. The lowest BCUT2D eigenvalue weighted by Gasteiger charge is -2.13. The number of hydrogen-bond acceptors (Lipinski definition) is 5. The third kappa shape index (κ3) is 3.71. The fourth-order valence-electron chi connectivity index (χ4n) is 2.62. The molecule has 0 spiro atoms. The predicted octanol–water partition coefficient (Wildman–Crippen LogP) is 4.47. The van der Waals surface area contributed by atoms with Crippen LogP contribution in [-0.2, 0) is 0 Å². The Morgan fingerprint density at radius 3 is 2.40 bits per heavy atom. The van der Waals surface area contributed by atoms with E-state index in [-0.39, 0.29) is 0 Å². The number of methoxy groups -OCH3 is 1. The summed E-state index contributed by atoms with van der Waals surface area (Å²) in [5, 5.41) is 6.81. The zero-order valence-corrected chi connectivity index (χ0v) is 14.1. The minimum Gasteiger partial charge on any atom is -0.495 e. The van der Waals surface area contributed by atoms with Crippen molar-refractivity contribution in [3.05, 3.63) is 60.7 Å². The zero-order valence-electron chi connectivity index (χ0n) is 14.1. The Hall–Kier alpha value is -3.08. The lowest BCUT2D eigenvalue weighted by Crippen LogP contribution is -2.06. The van der Waals surface area contributed by atoms with Gasteiger partial charge in [0, 0.05) is 17.7 Å². The van der Waals surface area contributed by atoms with Gasteiger partial charge in [0.1, 0.15) is 17.4 Å². The van der Waals surface area contributed by atoms with E-state index in [1.165, 1.54) is 12.8 Å². The lowest BCUT2D eigenvalue weighted by atomic mass is 10.2. The highest BCUT2D eigenvalue weighted by Crippen LogP contribution is 2.30. The van der Waals surface area contributed by atoms with Crippen LogP contribution in [0.3, 0.4) is 0 Å². The molecule has 0 atom stereocenters. The van der Waals surface area contributed by atoms with E-state index in [1.54, 1.807) is 7.11 Å². The van der Waals surface area contributed by atoms with E-state index in [4.69, 9.17) is 4.74 Å². The second-order valence-electron chi connectivity index (χ2n) is 6.07. The highest BCUT2D eigenvalue weighted by atomic mass is 16.5. The van der Waals surface area contributed by atoms with Gasteiger partial charge in [-0.15, -0.1) is 0 Å². The molecule has 0 unspecified atom stereocenters. The Balaban J connectivity index is 1.70. The lowest BCUT2D eigenvalue weighted by molar-refractivity contribution is 0.417. The number of ether oxygens (including phenoxy) is 1. The maximum absolute atomic E-state index is 5.42. The molecule has 0 aliphatic heterocycles. The van der Waals surface area contributed by atoms with Crippen LogP contribution in [0.2, 0.25) is 0 Å². The monoisotopic (exact) mass is 332 g/mol. The van der Waals surface area contributed by atoms with Gasteiger partial charge in [0.2, 0.25) is 0 Å². The Labute approximate surface area is 147 Å². The molecule has 0 bridgehead atoms. The molecule has 0 saturated heterocycles. The van der Waals surface area contributed by atoms with Crippen molar-refractivity contribution in [3.8, 4) is 17.1 Å². The van der Waals surface area contributed by atoms with Crippen LogP contribution in [-0.4, -0.2) is 23.1 Å². The van der Waals surface area contributed by atoms with E-state index >= 15 is 0 Å². The average molecular weight is 332 g/mol. The minimum absolute atomic E-state index is 0.526. The number of para-hydroxylation sites is 2. The number of anilines is 3. The summed E-state index contributed by atoms with van der Waals surface area (Å²) < 4.78 is 5.42. The summed E-state index contributed by atoms with van der Waals surface area (Å²) in [6.07, 6.45) is 2.39. The molecule has 4 rings (SSSR count). The molecule has 25 heavy (non-hydrogen) atoms. The summed E-state index contributed by atoms with van der Waals surface area (Å²) in [5.74, 6) is 3.05. The van der Waals surface area contributed by atoms with Crippen molar-refractivity contribution < 1.29 is 4.74 Å². The highest BCUT2D eigenvalue weighted by Gasteiger charge is 2.22. The fourth-order valence-corrected chi connectivity index (χ4v) is 2.62. The van der Waals surface area contributed by atoms with E-state index in [0.29, 0.717) is 11.9 Å². The van der Waals surface area contributed by atoms with Crippen LogP contribution in [0.4, 0.5) is 17.3 Å². The summed E-state index contributed by atoms with van der Waals surface area (Å²) in [7, 11) is 1.66. The van der Waals surface area contributed by atoms with Gasteiger partial charge in [-0.1, -0.05) is 42.5 Å². The first kappa shape index (κ1) is 15.4. The molecule has 2 aromatic carbocycles. The fraction of sp³-hybridized carbons (Fsp3) is 0.200. The molecule has 5 nitrogen and oxygen atoms in total. The molecular weight excluding hydrogens is 312 g/mol. The second-order valence-corrected chi connectivity index (χ2v) is 6.07. The molecule has 1 aromatic heterocycles. The maximum atomic E-state index is 5.42. The van der Waals surface area contributed by atoms with Crippen LogP contribution in [0.25, 0.3) is 11.4 Å². The van der Waals surface area contributed by atoms with Gasteiger partial charge in [0.05, 0.1) is 12.8 Å². The molecule has 3 aromatic rings. The van der Waals surface area contributed by atoms with Crippen LogP contribution >= 0.6 is 0 Å². The molecule has 0 radical (unpaired) electrons. The van der Waals surface area contributed by atoms with Crippen LogP contribution in [0.15, 0.2) is 60.7 Å². The standard InChI is InChI=1S/C20H20N4O/c1-25-17-10-6-5-9-16(17)22-19-13-18(21-15-11-12-15)23-20(24-19)14-7-3-2-4-8-14/h2-10,13,15H,11-12H2,1H3,(H2,21,22,23,24). The Bertz CT molecular complexity index is 863. The van der Waals surface area contributed by atoms with Gasteiger partial charge in [-0.3, -0.25) is 0 Å². The summed E-state index contributed by atoms with van der Waals surface area (Å²) >= 11 is 0. The predicted molar refractivity (Wildman–Crippen MR) is 100 cm³/mol. The Kier molecular flexibility index (Phi) is 4.21. The summed E-state index contributed by atoms with van der Waals surface area (Å²) in [6.45, 7) is 0. The number of aromatic nitrogens is 2. The molecule has 1 aliphatic rings. The smallest absolute Gasteiger partial charge is 0.163 e. The number of benzene rings is 2. The van der Waals surface area contributed by atoms with E-state index in [1.807, 2.05) is 60.7 Å². The van der Waals surface area contributed by atoms with Gasteiger partial charge in [0.15, 0.2) is 5.82 Å². The number of nitrogens with one attached hydrogen (secondary N) is 2. The van der Waals surface area contributed by atoms with Gasteiger partial charge in [-0.2, -0.15) is 0 Å². The maximum Gasteiger partial charge on any atom is 0.163 e. The van der Waals surface area contributed by atoms with Crippen molar-refractivity contribution in [2.45, 2.75) is 18.9 Å². The van der Waals surface area contributed by atoms with Crippen LogP contribution in [0.1, 0.15) is 12.8 Å². The average Bonchev–Trinajstić information content (AvgIpc) is 3.47. The molecule has 1 aliphatic carbocycles. The van der Waals surface area contributed by atoms with E-state index in [0.717, 1.165) is 28.6 Å². The van der Waals surface area contributed by atoms with Gasteiger partial charge in [0.25, 0.3) is 0 Å². The van der Waals surface area contributed by atoms with Gasteiger partial charge >= 0.3 is 0 Å². The van der Waals surface area contributed by atoms with Crippen molar-refractivity contribution in [1.29, 1.82) is 0 Å². The molecule has 0 amide bonds. The summed E-state index contributed by atoms with van der Waals surface area (Å²) in [5.41, 5.74) is 1.87. The summed E-state index contributed by atoms with van der Waals surface area (Å²) in [6, 6.07) is 20.3. The number of nitrogens with zero attached hydrogens (tertiary/aromatic N) is 2. The third-order valence-electron chi connectivity index (χ3n) is 4.06. The molecular formula is C20H20N4O. The van der Waals surface area contributed by atoms with Crippen molar-refractivity contribution in [1.82, 2.24) is 9.97 Å². The van der Waals surface area contributed by atoms with E-state index in [2.05, 4.69) is 20.6 Å². The van der Waals surface area contributed by atoms with Crippen molar-refractivity contribution in [2.24, 2.45) is 0 Å². The topological polar surface area (TPSA) is 59.1 Å². The number of hydrogen-bond donors (Lipinski definition) is 2. The molecule has 2 N–H and O–H groups in total.